The molecule has 1 heterocycles. The van der Waals surface area contributed by atoms with Gasteiger partial charge in [-0.3, -0.25) is 4.68 Å². The second-order valence-corrected chi connectivity index (χ2v) is 4.39. The zero-order chi connectivity index (χ0) is 13.7. The Balaban J connectivity index is 2.04. The Hall–Kier alpha value is -1.75. The number of anilines is 1. The van der Waals surface area contributed by atoms with E-state index in [0.29, 0.717) is 19.0 Å². The number of hydrogen-bond donors (Lipinski definition) is 1. The maximum Gasteiger partial charge on any atom is 0.123 e. The quantitative estimate of drug-likeness (QED) is 0.826. The lowest BCUT2D eigenvalue weighted by molar-refractivity contribution is 0.337. The fourth-order valence-corrected chi connectivity index (χ4v) is 1.97. The van der Waals surface area contributed by atoms with E-state index in [9.17, 15) is 0 Å². The SMILES string of the molecule is CCOc1ccc(NCc2cn(C)nn2)cc1CCl. The molecule has 1 N–H and O–H groups in total. The molecule has 0 saturated heterocycles. The summed E-state index contributed by atoms with van der Waals surface area (Å²) in [6.07, 6.45) is 1.88. The van der Waals surface area contributed by atoms with E-state index in [0.717, 1.165) is 22.7 Å². The number of benzene rings is 1. The van der Waals surface area contributed by atoms with Crippen LogP contribution in [0.4, 0.5) is 5.69 Å². The largest absolute Gasteiger partial charge is 0.494 e. The molecule has 0 amide bonds. The second kappa shape index (κ2) is 6.43. The third-order valence-corrected chi connectivity index (χ3v) is 2.92. The van der Waals surface area contributed by atoms with Gasteiger partial charge in [-0.1, -0.05) is 5.21 Å². The summed E-state index contributed by atoms with van der Waals surface area (Å²) in [4.78, 5) is 0. The van der Waals surface area contributed by atoms with Gasteiger partial charge in [0.15, 0.2) is 0 Å². The molecule has 19 heavy (non-hydrogen) atoms. The van der Waals surface area contributed by atoms with Crippen LogP contribution in [0.3, 0.4) is 0 Å². The van der Waals surface area contributed by atoms with Crippen LogP contribution >= 0.6 is 11.6 Å². The van der Waals surface area contributed by atoms with Crippen molar-refractivity contribution in [2.45, 2.75) is 19.3 Å². The van der Waals surface area contributed by atoms with Crippen LogP contribution in [0, 0.1) is 0 Å². The zero-order valence-corrected chi connectivity index (χ0v) is 11.8. The summed E-state index contributed by atoms with van der Waals surface area (Å²) in [5.41, 5.74) is 2.86. The molecule has 1 aromatic carbocycles. The highest BCUT2D eigenvalue weighted by Crippen LogP contribution is 2.24. The molecule has 0 aliphatic rings. The molecule has 1 aromatic heterocycles. The Morgan fingerprint density at radius 2 is 2.26 bits per heavy atom. The van der Waals surface area contributed by atoms with Gasteiger partial charge in [0.1, 0.15) is 11.4 Å². The predicted molar refractivity (Wildman–Crippen MR) is 75.5 cm³/mol. The lowest BCUT2D eigenvalue weighted by Crippen LogP contribution is -2.01. The summed E-state index contributed by atoms with van der Waals surface area (Å²) in [7, 11) is 1.85. The first kappa shape index (κ1) is 13.7. The fourth-order valence-electron chi connectivity index (χ4n) is 1.76. The van der Waals surface area contributed by atoms with Crippen LogP contribution in [0.5, 0.6) is 5.75 Å². The maximum atomic E-state index is 5.93. The fraction of sp³-hybridized carbons (Fsp3) is 0.385. The molecule has 0 aliphatic heterocycles. The van der Waals surface area contributed by atoms with Crippen molar-refractivity contribution >= 4 is 17.3 Å². The van der Waals surface area contributed by atoms with Gasteiger partial charge in [0.05, 0.1) is 19.0 Å². The van der Waals surface area contributed by atoms with Gasteiger partial charge in [-0.15, -0.1) is 16.7 Å². The summed E-state index contributed by atoms with van der Waals surface area (Å²) >= 11 is 5.93. The summed E-state index contributed by atoms with van der Waals surface area (Å²) in [6, 6.07) is 5.89. The Bertz CT molecular complexity index is 541. The monoisotopic (exact) mass is 280 g/mol. The van der Waals surface area contributed by atoms with Crippen molar-refractivity contribution in [2.75, 3.05) is 11.9 Å². The number of aromatic nitrogens is 3. The number of aryl methyl sites for hydroxylation is 1. The Morgan fingerprint density at radius 3 is 2.89 bits per heavy atom. The third-order valence-electron chi connectivity index (χ3n) is 2.63. The van der Waals surface area contributed by atoms with Gasteiger partial charge in [0, 0.05) is 24.5 Å². The number of ether oxygens (including phenoxy) is 1. The van der Waals surface area contributed by atoms with Crippen molar-refractivity contribution < 1.29 is 4.74 Å². The molecular formula is C13H17ClN4O. The van der Waals surface area contributed by atoms with Crippen LogP contribution in [0.1, 0.15) is 18.2 Å². The Kier molecular flexibility index (Phi) is 4.63. The van der Waals surface area contributed by atoms with Gasteiger partial charge in [-0.05, 0) is 25.1 Å². The molecule has 6 heteroatoms. The molecule has 0 spiro atoms. The first-order chi connectivity index (χ1) is 9.22. The van der Waals surface area contributed by atoms with Gasteiger partial charge in [0.25, 0.3) is 0 Å². The van der Waals surface area contributed by atoms with Crippen LogP contribution in [0.25, 0.3) is 0 Å². The third kappa shape index (κ3) is 3.61. The van der Waals surface area contributed by atoms with Crippen molar-refractivity contribution in [3.8, 4) is 5.75 Å². The first-order valence-corrected chi connectivity index (χ1v) is 6.67. The van der Waals surface area contributed by atoms with Crippen LogP contribution in [-0.4, -0.2) is 21.6 Å². The van der Waals surface area contributed by atoms with Gasteiger partial charge < -0.3 is 10.1 Å². The number of rotatable bonds is 6. The van der Waals surface area contributed by atoms with Crippen LogP contribution in [0.2, 0.25) is 0 Å². The Morgan fingerprint density at radius 1 is 1.42 bits per heavy atom. The number of halogens is 1. The minimum atomic E-state index is 0.427. The highest BCUT2D eigenvalue weighted by atomic mass is 35.5. The Labute approximate surface area is 117 Å². The van der Waals surface area contributed by atoms with Crippen molar-refractivity contribution in [1.82, 2.24) is 15.0 Å². The molecule has 0 saturated carbocycles. The molecule has 102 valence electrons. The van der Waals surface area contributed by atoms with Crippen molar-refractivity contribution in [3.05, 3.63) is 35.7 Å². The number of alkyl halides is 1. The van der Waals surface area contributed by atoms with Crippen LogP contribution in [0.15, 0.2) is 24.4 Å². The highest BCUT2D eigenvalue weighted by molar-refractivity contribution is 6.17. The lowest BCUT2D eigenvalue weighted by Gasteiger charge is -2.11. The number of nitrogens with zero attached hydrogens (tertiary/aromatic N) is 3. The van der Waals surface area contributed by atoms with E-state index in [2.05, 4.69) is 15.6 Å². The van der Waals surface area contributed by atoms with Gasteiger partial charge in [-0.2, -0.15) is 0 Å². The molecular weight excluding hydrogens is 264 g/mol. The summed E-state index contributed by atoms with van der Waals surface area (Å²) in [5.74, 6) is 1.26. The first-order valence-electron chi connectivity index (χ1n) is 6.13. The minimum Gasteiger partial charge on any atom is -0.494 e. The van der Waals surface area contributed by atoms with E-state index in [1.807, 2.05) is 38.4 Å². The van der Waals surface area contributed by atoms with Crippen molar-refractivity contribution in [2.24, 2.45) is 7.05 Å². The summed E-state index contributed by atoms with van der Waals surface area (Å²) in [5, 5.41) is 11.2. The van der Waals surface area contributed by atoms with E-state index in [1.165, 1.54) is 0 Å². The number of nitrogens with one attached hydrogen (secondary N) is 1. The van der Waals surface area contributed by atoms with Crippen molar-refractivity contribution in [3.63, 3.8) is 0 Å². The molecule has 0 fully saturated rings. The minimum absolute atomic E-state index is 0.427. The van der Waals surface area contributed by atoms with E-state index in [-0.39, 0.29) is 0 Å². The topological polar surface area (TPSA) is 52.0 Å². The highest BCUT2D eigenvalue weighted by Gasteiger charge is 2.05. The van der Waals surface area contributed by atoms with Crippen molar-refractivity contribution in [1.29, 1.82) is 0 Å². The molecule has 0 unspecified atom stereocenters. The predicted octanol–water partition coefficient (Wildman–Crippen LogP) is 2.56. The standard InChI is InChI=1S/C13H17ClN4O/c1-3-19-13-5-4-11(6-10(13)7-14)15-8-12-9-18(2)17-16-12/h4-6,9,15H,3,7-8H2,1-2H3. The zero-order valence-electron chi connectivity index (χ0n) is 11.1. The second-order valence-electron chi connectivity index (χ2n) is 4.13. The lowest BCUT2D eigenvalue weighted by atomic mass is 10.2. The van der Waals surface area contributed by atoms with E-state index < -0.39 is 0 Å². The average molecular weight is 281 g/mol. The smallest absolute Gasteiger partial charge is 0.123 e. The van der Waals surface area contributed by atoms with Gasteiger partial charge >= 0.3 is 0 Å². The van der Waals surface area contributed by atoms with Crippen LogP contribution in [-0.2, 0) is 19.5 Å². The molecule has 5 nitrogen and oxygen atoms in total. The molecule has 0 bridgehead atoms. The molecule has 0 atom stereocenters. The molecule has 0 aliphatic carbocycles. The molecule has 0 radical (unpaired) electrons. The molecule has 2 aromatic rings. The van der Waals surface area contributed by atoms with E-state index >= 15 is 0 Å². The van der Waals surface area contributed by atoms with E-state index in [1.54, 1.807) is 4.68 Å². The van der Waals surface area contributed by atoms with Crippen LogP contribution < -0.4 is 10.1 Å². The van der Waals surface area contributed by atoms with Gasteiger partial charge in [-0.25, -0.2) is 0 Å². The van der Waals surface area contributed by atoms with Gasteiger partial charge in [0.2, 0.25) is 0 Å². The number of hydrogen-bond acceptors (Lipinski definition) is 4. The maximum absolute atomic E-state index is 5.93. The summed E-state index contributed by atoms with van der Waals surface area (Å²) < 4.78 is 7.19. The van der Waals surface area contributed by atoms with E-state index in [4.69, 9.17) is 16.3 Å². The molecule has 2 rings (SSSR count). The normalized spacial score (nSPS) is 10.5. The average Bonchev–Trinajstić information content (AvgIpc) is 2.83. The summed E-state index contributed by atoms with van der Waals surface area (Å²) in [6.45, 7) is 3.22.